The first-order chi connectivity index (χ1) is 16.0. The standard InChI is InChI=1S/C23H23N7O2S/c1-14-15(2)30(28-21(14)26-13-31)18-9-17-11-19(27-22(17)25-12-18)16-3-4-24-20(10-16)23(32)29-5-7-33-8-6-29/h3-4,9-13H,5-8H2,1-2H3,(H,25,27)(H,26,28,31). The van der Waals surface area contributed by atoms with Crippen molar-refractivity contribution in [3.05, 3.63) is 53.6 Å². The second kappa shape index (κ2) is 8.70. The molecule has 4 aromatic rings. The van der Waals surface area contributed by atoms with Crippen LogP contribution in [0.5, 0.6) is 0 Å². The SMILES string of the molecule is Cc1c(NC=O)nn(-c2cnc3[nH]c(-c4ccnc(C(=O)N5CCSCC5)c4)cc3c2)c1C. The zero-order valence-corrected chi connectivity index (χ0v) is 19.1. The molecule has 0 aliphatic carbocycles. The van der Waals surface area contributed by atoms with Gasteiger partial charge >= 0.3 is 0 Å². The van der Waals surface area contributed by atoms with Gasteiger partial charge in [-0.05, 0) is 38.1 Å². The summed E-state index contributed by atoms with van der Waals surface area (Å²) in [5, 5.41) is 8.03. The minimum Gasteiger partial charge on any atom is -0.339 e. The molecule has 10 heteroatoms. The van der Waals surface area contributed by atoms with E-state index in [9.17, 15) is 9.59 Å². The van der Waals surface area contributed by atoms with E-state index in [4.69, 9.17) is 0 Å². The smallest absolute Gasteiger partial charge is 0.272 e. The molecule has 1 aliphatic heterocycles. The quantitative estimate of drug-likeness (QED) is 0.442. The first-order valence-electron chi connectivity index (χ1n) is 10.6. The molecule has 2 amide bonds. The van der Waals surface area contributed by atoms with Crippen LogP contribution in [-0.4, -0.2) is 66.5 Å². The fourth-order valence-electron chi connectivity index (χ4n) is 3.94. The van der Waals surface area contributed by atoms with Gasteiger partial charge in [0.15, 0.2) is 5.82 Å². The molecular formula is C23H23N7O2S. The first-order valence-corrected chi connectivity index (χ1v) is 11.8. The first kappa shape index (κ1) is 21.2. The van der Waals surface area contributed by atoms with E-state index in [0.29, 0.717) is 17.9 Å². The van der Waals surface area contributed by atoms with Crippen molar-refractivity contribution in [3.63, 3.8) is 0 Å². The maximum atomic E-state index is 12.9. The summed E-state index contributed by atoms with van der Waals surface area (Å²) in [7, 11) is 0. The fraction of sp³-hybridized carbons (Fsp3) is 0.261. The molecule has 9 nitrogen and oxygen atoms in total. The van der Waals surface area contributed by atoms with Gasteiger partial charge in [-0.15, -0.1) is 5.10 Å². The highest BCUT2D eigenvalue weighted by molar-refractivity contribution is 7.99. The van der Waals surface area contributed by atoms with E-state index in [0.717, 1.165) is 63.8 Å². The number of carbonyl (C=O) groups is 2. The van der Waals surface area contributed by atoms with Gasteiger partial charge in [0, 0.05) is 58.7 Å². The monoisotopic (exact) mass is 461 g/mol. The number of fused-ring (bicyclic) bond motifs is 1. The van der Waals surface area contributed by atoms with Crippen LogP contribution in [0.4, 0.5) is 5.82 Å². The Balaban J connectivity index is 1.47. The van der Waals surface area contributed by atoms with Gasteiger partial charge in [-0.3, -0.25) is 14.6 Å². The highest BCUT2D eigenvalue weighted by Gasteiger charge is 2.20. The van der Waals surface area contributed by atoms with Crippen molar-refractivity contribution in [1.82, 2.24) is 29.6 Å². The number of nitrogens with zero attached hydrogens (tertiary/aromatic N) is 5. The number of hydrogen-bond donors (Lipinski definition) is 2. The third-order valence-corrected chi connectivity index (χ3v) is 6.84. The molecule has 0 saturated carbocycles. The number of pyridine rings is 2. The van der Waals surface area contributed by atoms with Gasteiger partial charge < -0.3 is 15.2 Å². The predicted octanol–water partition coefficient (Wildman–Crippen LogP) is 3.18. The molecule has 4 aromatic heterocycles. The van der Waals surface area contributed by atoms with E-state index in [1.165, 1.54) is 0 Å². The minimum absolute atomic E-state index is 0.0297. The van der Waals surface area contributed by atoms with E-state index >= 15 is 0 Å². The van der Waals surface area contributed by atoms with Gasteiger partial charge in [0.2, 0.25) is 6.41 Å². The molecule has 0 atom stereocenters. The van der Waals surface area contributed by atoms with Crippen molar-refractivity contribution in [2.75, 3.05) is 29.9 Å². The Bertz CT molecular complexity index is 1350. The fourth-order valence-corrected chi connectivity index (χ4v) is 4.85. The molecule has 5 rings (SSSR count). The lowest BCUT2D eigenvalue weighted by atomic mass is 10.1. The van der Waals surface area contributed by atoms with Gasteiger partial charge in [0.1, 0.15) is 11.3 Å². The lowest BCUT2D eigenvalue weighted by Gasteiger charge is -2.26. The molecule has 33 heavy (non-hydrogen) atoms. The molecule has 1 fully saturated rings. The lowest BCUT2D eigenvalue weighted by Crippen LogP contribution is -2.38. The Kier molecular flexibility index (Phi) is 5.59. The van der Waals surface area contributed by atoms with Crippen LogP contribution >= 0.6 is 11.8 Å². The molecule has 0 unspecified atom stereocenters. The second-order valence-corrected chi connectivity index (χ2v) is 9.11. The Hall–Kier alpha value is -3.66. The minimum atomic E-state index is -0.0297. The molecule has 1 saturated heterocycles. The van der Waals surface area contributed by atoms with Gasteiger partial charge in [-0.1, -0.05) is 0 Å². The molecule has 1 aliphatic rings. The van der Waals surface area contributed by atoms with Crippen LogP contribution in [0.1, 0.15) is 21.7 Å². The summed E-state index contributed by atoms with van der Waals surface area (Å²) in [4.78, 5) is 37.8. The van der Waals surface area contributed by atoms with Crippen molar-refractivity contribution >= 4 is 40.9 Å². The summed E-state index contributed by atoms with van der Waals surface area (Å²) in [6.07, 6.45) is 4.03. The number of aromatic amines is 1. The molecule has 0 spiro atoms. The molecule has 2 N–H and O–H groups in total. The maximum absolute atomic E-state index is 12.9. The summed E-state index contributed by atoms with van der Waals surface area (Å²) >= 11 is 1.87. The number of nitrogens with one attached hydrogen (secondary N) is 2. The maximum Gasteiger partial charge on any atom is 0.272 e. The number of amides is 2. The summed E-state index contributed by atoms with van der Waals surface area (Å²) < 4.78 is 1.76. The Morgan fingerprint density at radius 1 is 1.18 bits per heavy atom. The zero-order valence-electron chi connectivity index (χ0n) is 18.3. The van der Waals surface area contributed by atoms with Crippen LogP contribution in [0.15, 0.2) is 36.7 Å². The Morgan fingerprint density at radius 2 is 2.00 bits per heavy atom. The largest absolute Gasteiger partial charge is 0.339 e. The van der Waals surface area contributed by atoms with Gasteiger partial charge in [0.05, 0.1) is 11.9 Å². The molecule has 0 aromatic carbocycles. The lowest BCUT2D eigenvalue weighted by molar-refractivity contribution is -0.105. The van der Waals surface area contributed by atoms with Crippen LogP contribution in [0, 0.1) is 13.8 Å². The van der Waals surface area contributed by atoms with Crippen LogP contribution in [0.3, 0.4) is 0 Å². The van der Waals surface area contributed by atoms with Gasteiger partial charge in [-0.2, -0.15) is 11.8 Å². The zero-order chi connectivity index (χ0) is 22.9. The van der Waals surface area contributed by atoms with E-state index < -0.39 is 0 Å². The van der Waals surface area contributed by atoms with Gasteiger partial charge in [0.25, 0.3) is 5.91 Å². The number of H-pyrrole nitrogens is 1. The third-order valence-electron chi connectivity index (χ3n) is 5.90. The summed E-state index contributed by atoms with van der Waals surface area (Å²) in [5.41, 5.74) is 5.53. The summed E-state index contributed by atoms with van der Waals surface area (Å²) in [6, 6.07) is 7.70. The average molecular weight is 462 g/mol. The molecule has 5 heterocycles. The number of aromatic nitrogens is 5. The number of anilines is 1. The van der Waals surface area contributed by atoms with Crippen LogP contribution in [0.2, 0.25) is 0 Å². The third kappa shape index (κ3) is 3.97. The van der Waals surface area contributed by atoms with E-state index in [-0.39, 0.29) is 5.91 Å². The van der Waals surface area contributed by atoms with E-state index in [2.05, 4.69) is 25.4 Å². The normalized spacial score (nSPS) is 13.9. The van der Waals surface area contributed by atoms with Gasteiger partial charge in [-0.25, -0.2) is 9.67 Å². The predicted molar refractivity (Wildman–Crippen MR) is 129 cm³/mol. The molecular weight excluding hydrogens is 438 g/mol. The number of rotatable bonds is 5. The molecule has 0 bridgehead atoms. The Labute approximate surface area is 194 Å². The van der Waals surface area contributed by atoms with Crippen molar-refractivity contribution in [3.8, 4) is 16.9 Å². The number of carbonyl (C=O) groups excluding carboxylic acids is 2. The summed E-state index contributed by atoms with van der Waals surface area (Å²) in [5.74, 6) is 2.42. The second-order valence-electron chi connectivity index (χ2n) is 7.88. The van der Waals surface area contributed by atoms with Crippen LogP contribution < -0.4 is 5.32 Å². The van der Waals surface area contributed by atoms with E-state index in [1.807, 2.05) is 54.8 Å². The molecule has 168 valence electrons. The topological polar surface area (TPSA) is 109 Å². The number of thioether (sulfide) groups is 1. The highest BCUT2D eigenvalue weighted by Crippen LogP contribution is 2.27. The Morgan fingerprint density at radius 3 is 2.79 bits per heavy atom. The van der Waals surface area contributed by atoms with Crippen molar-refractivity contribution in [2.45, 2.75) is 13.8 Å². The van der Waals surface area contributed by atoms with Crippen molar-refractivity contribution in [1.29, 1.82) is 0 Å². The number of hydrogen-bond acceptors (Lipinski definition) is 6. The molecule has 0 radical (unpaired) electrons. The average Bonchev–Trinajstić information content (AvgIpc) is 3.40. The van der Waals surface area contributed by atoms with E-state index in [1.54, 1.807) is 17.1 Å². The summed E-state index contributed by atoms with van der Waals surface area (Å²) in [6.45, 7) is 5.37. The van der Waals surface area contributed by atoms with Crippen LogP contribution in [0.25, 0.3) is 28.0 Å². The van der Waals surface area contributed by atoms with Crippen molar-refractivity contribution in [2.24, 2.45) is 0 Å². The van der Waals surface area contributed by atoms with Crippen molar-refractivity contribution < 1.29 is 9.59 Å². The van der Waals surface area contributed by atoms with Crippen LogP contribution in [-0.2, 0) is 4.79 Å². The highest BCUT2D eigenvalue weighted by atomic mass is 32.2.